The van der Waals surface area contributed by atoms with Crippen LogP contribution in [0.4, 0.5) is 11.4 Å². The molecule has 1 rings (SSSR count). The van der Waals surface area contributed by atoms with Crippen molar-refractivity contribution in [3.8, 4) is 0 Å². The second kappa shape index (κ2) is 8.21. The number of ether oxygens (including phenoxy) is 1. The van der Waals surface area contributed by atoms with E-state index in [0.29, 0.717) is 30.9 Å². The zero-order chi connectivity index (χ0) is 15.8. The fraction of sp³-hybridized carbons (Fsp3) is 0.500. The highest BCUT2D eigenvalue weighted by molar-refractivity contribution is 5.95. The molecule has 0 heterocycles. The van der Waals surface area contributed by atoms with Gasteiger partial charge in [-0.05, 0) is 32.9 Å². The van der Waals surface area contributed by atoms with Gasteiger partial charge in [0.1, 0.15) is 5.69 Å². The Hall–Kier alpha value is -2.15. The Labute approximate surface area is 123 Å². The Morgan fingerprint density at radius 1 is 1.43 bits per heavy atom. The monoisotopic (exact) mass is 295 g/mol. The Morgan fingerprint density at radius 2 is 2.14 bits per heavy atom. The quantitative estimate of drug-likeness (QED) is 0.435. The summed E-state index contributed by atoms with van der Waals surface area (Å²) in [4.78, 5) is 22.3. The summed E-state index contributed by atoms with van der Waals surface area (Å²) in [6.07, 6.45) is 0.100. The van der Waals surface area contributed by atoms with Gasteiger partial charge in [0.05, 0.1) is 17.6 Å². The van der Waals surface area contributed by atoms with Gasteiger partial charge in [0.2, 0.25) is 0 Å². The number of benzene rings is 1. The summed E-state index contributed by atoms with van der Waals surface area (Å²) in [7, 11) is 0. The molecule has 1 aromatic carbocycles. The summed E-state index contributed by atoms with van der Waals surface area (Å²) < 4.78 is 5.37. The molecular formula is C14H21N3O4. The van der Waals surface area contributed by atoms with E-state index in [0.717, 1.165) is 0 Å². The predicted octanol–water partition coefficient (Wildman–Crippen LogP) is 2.18. The average Bonchev–Trinajstić information content (AvgIpc) is 2.43. The van der Waals surface area contributed by atoms with Crippen LogP contribution >= 0.6 is 0 Å². The molecule has 0 aromatic heterocycles. The van der Waals surface area contributed by atoms with Gasteiger partial charge in [-0.1, -0.05) is 0 Å². The van der Waals surface area contributed by atoms with E-state index in [1.165, 1.54) is 18.2 Å². The first kappa shape index (κ1) is 16.9. The SMILES string of the molecule is CCNC(=O)c1ccc([N+](=O)[O-])c(NCCOC(C)C)c1. The number of anilines is 1. The summed E-state index contributed by atoms with van der Waals surface area (Å²) >= 11 is 0. The van der Waals surface area contributed by atoms with Crippen molar-refractivity contribution in [3.63, 3.8) is 0 Å². The third-order valence-corrected chi connectivity index (χ3v) is 2.66. The summed E-state index contributed by atoms with van der Waals surface area (Å²) in [6.45, 7) is 7.00. The lowest BCUT2D eigenvalue weighted by molar-refractivity contribution is -0.384. The molecule has 7 heteroatoms. The van der Waals surface area contributed by atoms with Gasteiger partial charge in [-0.3, -0.25) is 14.9 Å². The first-order valence-corrected chi connectivity index (χ1v) is 6.87. The number of nitro groups is 1. The van der Waals surface area contributed by atoms with E-state index in [4.69, 9.17) is 4.74 Å². The zero-order valence-corrected chi connectivity index (χ0v) is 12.5. The molecule has 0 spiro atoms. The van der Waals surface area contributed by atoms with Crippen LogP contribution in [0.2, 0.25) is 0 Å². The molecule has 7 nitrogen and oxygen atoms in total. The first-order chi connectivity index (χ1) is 9.95. The average molecular weight is 295 g/mol. The van der Waals surface area contributed by atoms with Crippen molar-refractivity contribution in [2.45, 2.75) is 26.9 Å². The Bertz CT molecular complexity index is 503. The molecule has 2 N–H and O–H groups in total. The van der Waals surface area contributed by atoms with E-state index >= 15 is 0 Å². The molecule has 116 valence electrons. The largest absolute Gasteiger partial charge is 0.377 e. The van der Waals surface area contributed by atoms with Crippen molar-refractivity contribution in [2.75, 3.05) is 25.0 Å². The summed E-state index contributed by atoms with van der Waals surface area (Å²) in [5.41, 5.74) is 0.637. The molecule has 0 atom stereocenters. The standard InChI is InChI=1S/C14H21N3O4/c1-4-15-14(18)11-5-6-13(17(19)20)12(9-11)16-7-8-21-10(2)3/h5-6,9-10,16H,4,7-8H2,1-3H3,(H,15,18). The number of hydrogen-bond acceptors (Lipinski definition) is 5. The summed E-state index contributed by atoms with van der Waals surface area (Å²) in [6, 6.07) is 4.26. The maximum Gasteiger partial charge on any atom is 0.292 e. The second-order valence-corrected chi connectivity index (χ2v) is 4.69. The summed E-state index contributed by atoms with van der Waals surface area (Å²) in [5, 5.41) is 16.6. The van der Waals surface area contributed by atoms with Crippen LogP contribution in [0.5, 0.6) is 0 Å². The number of carbonyl (C=O) groups excluding carboxylic acids is 1. The third kappa shape index (κ3) is 5.39. The lowest BCUT2D eigenvalue weighted by Crippen LogP contribution is -2.23. The van der Waals surface area contributed by atoms with Gasteiger partial charge in [0.25, 0.3) is 11.6 Å². The third-order valence-electron chi connectivity index (χ3n) is 2.66. The normalized spacial score (nSPS) is 10.5. The molecule has 0 bridgehead atoms. The fourth-order valence-electron chi connectivity index (χ4n) is 1.72. The van der Waals surface area contributed by atoms with Crippen LogP contribution in [0.15, 0.2) is 18.2 Å². The number of nitro benzene ring substituents is 1. The van der Waals surface area contributed by atoms with E-state index in [9.17, 15) is 14.9 Å². The highest BCUT2D eigenvalue weighted by Crippen LogP contribution is 2.25. The van der Waals surface area contributed by atoms with E-state index in [2.05, 4.69) is 10.6 Å². The number of nitrogens with zero attached hydrogens (tertiary/aromatic N) is 1. The van der Waals surface area contributed by atoms with Crippen molar-refractivity contribution in [1.29, 1.82) is 0 Å². The Balaban J connectivity index is 2.83. The second-order valence-electron chi connectivity index (χ2n) is 4.69. The number of nitrogens with one attached hydrogen (secondary N) is 2. The lowest BCUT2D eigenvalue weighted by atomic mass is 10.1. The van der Waals surface area contributed by atoms with Crippen LogP contribution < -0.4 is 10.6 Å². The van der Waals surface area contributed by atoms with Gasteiger partial charge in [0, 0.05) is 24.7 Å². The van der Waals surface area contributed by atoms with Crippen molar-refractivity contribution >= 4 is 17.3 Å². The molecule has 0 saturated carbocycles. The van der Waals surface area contributed by atoms with Gasteiger partial charge < -0.3 is 15.4 Å². The predicted molar refractivity (Wildman–Crippen MR) is 80.7 cm³/mol. The van der Waals surface area contributed by atoms with Crippen LogP contribution in [-0.2, 0) is 4.74 Å². The van der Waals surface area contributed by atoms with E-state index in [1.54, 1.807) is 0 Å². The number of hydrogen-bond donors (Lipinski definition) is 2. The van der Waals surface area contributed by atoms with Crippen molar-refractivity contribution < 1.29 is 14.5 Å². The molecule has 0 unspecified atom stereocenters. The van der Waals surface area contributed by atoms with E-state index in [-0.39, 0.29) is 17.7 Å². The molecule has 0 fully saturated rings. The lowest BCUT2D eigenvalue weighted by Gasteiger charge is -2.11. The molecule has 1 amide bonds. The minimum Gasteiger partial charge on any atom is -0.377 e. The van der Waals surface area contributed by atoms with Crippen molar-refractivity contribution in [1.82, 2.24) is 5.32 Å². The summed E-state index contributed by atoms with van der Waals surface area (Å²) in [5.74, 6) is -0.256. The molecule has 21 heavy (non-hydrogen) atoms. The van der Waals surface area contributed by atoms with E-state index in [1.807, 2.05) is 20.8 Å². The van der Waals surface area contributed by atoms with Gasteiger partial charge >= 0.3 is 0 Å². The van der Waals surface area contributed by atoms with Crippen molar-refractivity contribution in [2.24, 2.45) is 0 Å². The minimum absolute atomic E-state index is 0.0624. The van der Waals surface area contributed by atoms with Crippen LogP contribution in [0, 0.1) is 10.1 Å². The molecule has 0 radical (unpaired) electrons. The molecule has 0 aliphatic rings. The zero-order valence-electron chi connectivity index (χ0n) is 12.5. The molecule has 1 aromatic rings. The fourth-order valence-corrected chi connectivity index (χ4v) is 1.72. The number of rotatable bonds is 8. The van der Waals surface area contributed by atoms with Gasteiger partial charge in [0.15, 0.2) is 0 Å². The first-order valence-electron chi connectivity index (χ1n) is 6.87. The number of amides is 1. The number of carbonyl (C=O) groups is 1. The molecule has 0 aliphatic carbocycles. The highest BCUT2D eigenvalue weighted by atomic mass is 16.6. The minimum atomic E-state index is -0.479. The van der Waals surface area contributed by atoms with Crippen molar-refractivity contribution in [3.05, 3.63) is 33.9 Å². The maximum absolute atomic E-state index is 11.8. The van der Waals surface area contributed by atoms with Crippen LogP contribution in [-0.4, -0.2) is 36.6 Å². The smallest absolute Gasteiger partial charge is 0.292 e. The van der Waals surface area contributed by atoms with Gasteiger partial charge in [-0.15, -0.1) is 0 Å². The highest BCUT2D eigenvalue weighted by Gasteiger charge is 2.16. The maximum atomic E-state index is 11.8. The van der Waals surface area contributed by atoms with Crippen LogP contribution in [0.25, 0.3) is 0 Å². The van der Waals surface area contributed by atoms with Gasteiger partial charge in [-0.2, -0.15) is 0 Å². The van der Waals surface area contributed by atoms with E-state index < -0.39 is 4.92 Å². The molecule has 0 aliphatic heterocycles. The van der Waals surface area contributed by atoms with Crippen LogP contribution in [0.1, 0.15) is 31.1 Å². The Morgan fingerprint density at radius 3 is 2.71 bits per heavy atom. The molecule has 0 saturated heterocycles. The molecular weight excluding hydrogens is 274 g/mol. The Kier molecular flexibility index (Phi) is 6.61. The van der Waals surface area contributed by atoms with Crippen LogP contribution in [0.3, 0.4) is 0 Å². The van der Waals surface area contributed by atoms with Gasteiger partial charge in [-0.25, -0.2) is 0 Å². The topological polar surface area (TPSA) is 93.5 Å².